The van der Waals surface area contributed by atoms with Crippen LogP contribution in [0.1, 0.15) is 24.2 Å². The van der Waals surface area contributed by atoms with Crippen LogP contribution < -0.4 is 10.6 Å². The van der Waals surface area contributed by atoms with Gasteiger partial charge in [-0.15, -0.1) is 0 Å². The van der Waals surface area contributed by atoms with E-state index >= 15 is 0 Å². The molecule has 76 valence electrons. The Morgan fingerprint density at radius 3 is 3.14 bits per heavy atom. The molecule has 1 amide bonds. The monoisotopic (exact) mass is 196 g/mol. The second-order valence-electron chi connectivity index (χ2n) is 3.19. The van der Waals surface area contributed by atoms with E-state index in [1.54, 1.807) is 7.05 Å². The smallest absolute Gasteiger partial charge is 0.243 e. The van der Waals surface area contributed by atoms with Gasteiger partial charge in [0.05, 0.1) is 12.5 Å². The normalized spacial score (nSPS) is 20.2. The molecule has 0 unspecified atom stereocenters. The predicted molar refractivity (Wildman–Crippen MR) is 47.4 cm³/mol. The Labute approximate surface area is 81.1 Å². The molecular weight excluding hydrogens is 184 g/mol. The molecule has 1 fully saturated rings. The van der Waals surface area contributed by atoms with Crippen LogP contribution in [0.15, 0.2) is 4.52 Å². The quantitative estimate of drug-likeness (QED) is 0.674. The molecule has 6 nitrogen and oxygen atoms in total. The third-order valence-corrected chi connectivity index (χ3v) is 2.20. The van der Waals surface area contributed by atoms with Crippen molar-refractivity contribution in [2.75, 3.05) is 13.6 Å². The van der Waals surface area contributed by atoms with Crippen LogP contribution in [0, 0.1) is 0 Å². The standard InChI is InChI=1S/C8H12N4O2/c1-9-7(13)4-6-11-8(14-12-6)5-2-3-10-5/h5,10H,2-4H2,1H3,(H,9,13)/t5-/m1/s1. The van der Waals surface area contributed by atoms with E-state index in [1.807, 2.05) is 0 Å². The van der Waals surface area contributed by atoms with E-state index in [0.717, 1.165) is 13.0 Å². The van der Waals surface area contributed by atoms with Crippen LogP contribution in [0.5, 0.6) is 0 Å². The third kappa shape index (κ3) is 1.74. The van der Waals surface area contributed by atoms with Gasteiger partial charge in [0.1, 0.15) is 0 Å². The molecule has 1 aliphatic rings. The number of carbonyl (C=O) groups is 1. The number of aromatic nitrogens is 2. The number of hydrogen-bond acceptors (Lipinski definition) is 5. The van der Waals surface area contributed by atoms with E-state index < -0.39 is 0 Å². The zero-order valence-electron chi connectivity index (χ0n) is 7.91. The van der Waals surface area contributed by atoms with E-state index in [9.17, 15) is 4.79 Å². The summed E-state index contributed by atoms with van der Waals surface area (Å²) in [5.74, 6) is 0.905. The minimum absolute atomic E-state index is 0.112. The molecule has 1 aromatic rings. The summed E-state index contributed by atoms with van der Waals surface area (Å²) in [5, 5.41) is 9.37. The number of rotatable bonds is 3. The van der Waals surface area contributed by atoms with Crippen molar-refractivity contribution in [3.8, 4) is 0 Å². The van der Waals surface area contributed by atoms with Gasteiger partial charge in [0.25, 0.3) is 0 Å². The fourth-order valence-electron chi connectivity index (χ4n) is 1.21. The van der Waals surface area contributed by atoms with Gasteiger partial charge in [-0.05, 0) is 13.0 Å². The van der Waals surface area contributed by atoms with Gasteiger partial charge in [-0.25, -0.2) is 0 Å². The molecule has 1 saturated heterocycles. The zero-order valence-corrected chi connectivity index (χ0v) is 7.91. The van der Waals surface area contributed by atoms with Gasteiger partial charge >= 0.3 is 0 Å². The first-order valence-corrected chi connectivity index (χ1v) is 4.56. The fraction of sp³-hybridized carbons (Fsp3) is 0.625. The molecule has 0 saturated carbocycles. The topological polar surface area (TPSA) is 80.0 Å². The molecule has 1 atom stereocenters. The van der Waals surface area contributed by atoms with Crippen molar-refractivity contribution < 1.29 is 9.32 Å². The highest BCUT2D eigenvalue weighted by molar-refractivity contribution is 5.77. The van der Waals surface area contributed by atoms with E-state index in [4.69, 9.17) is 4.52 Å². The average Bonchev–Trinajstić information content (AvgIpc) is 2.50. The molecule has 0 bridgehead atoms. The SMILES string of the molecule is CNC(=O)Cc1noc([C@H]2CCN2)n1. The molecule has 14 heavy (non-hydrogen) atoms. The zero-order chi connectivity index (χ0) is 9.97. The first-order valence-electron chi connectivity index (χ1n) is 4.56. The van der Waals surface area contributed by atoms with E-state index in [2.05, 4.69) is 20.8 Å². The van der Waals surface area contributed by atoms with Crippen molar-refractivity contribution >= 4 is 5.91 Å². The van der Waals surface area contributed by atoms with E-state index in [1.165, 1.54) is 0 Å². The maximum absolute atomic E-state index is 11.0. The van der Waals surface area contributed by atoms with Crippen molar-refractivity contribution in [1.29, 1.82) is 0 Å². The van der Waals surface area contributed by atoms with E-state index in [-0.39, 0.29) is 18.4 Å². The van der Waals surface area contributed by atoms with Crippen molar-refractivity contribution in [3.63, 3.8) is 0 Å². The second kappa shape index (κ2) is 3.75. The first-order chi connectivity index (χ1) is 6.79. The third-order valence-electron chi connectivity index (χ3n) is 2.20. The molecule has 0 spiro atoms. The van der Waals surface area contributed by atoms with Crippen molar-refractivity contribution in [3.05, 3.63) is 11.7 Å². The number of likely N-dealkylation sites (N-methyl/N-ethyl adjacent to an activating group) is 1. The Balaban J connectivity index is 1.98. The average molecular weight is 196 g/mol. The molecule has 2 heterocycles. The fourth-order valence-corrected chi connectivity index (χ4v) is 1.21. The lowest BCUT2D eigenvalue weighted by molar-refractivity contribution is -0.120. The summed E-state index contributed by atoms with van der Waals surface area (Å²) >= 11 is 0. The van der Waals surface area contributed by atoms with Gasteiger partial charge in [0, 0.05) is 7.05 Å². The lowest BCUT2D eigenvalue weighted by Crippen LogP contribution is -2.35. The van der Waals surface area contributed by atoms with Gasteiger partial charge in [-0.1, -0.05) is 5.16 Å². The van der Waals surface area contributed by atoms with Gasteiger partial charge in [-0.2, -0.15) is 4.98 Å². The number of carbonyl (C=O) groups excluding carboxylic acids is 1. The van der Waals surface area contributed by atoms with E-state index in [0.29, 0.717) is 11.7 Å². The van der Waals surface area contributed by atoms with Gasteiger partial charge in [0.2, 0.25) is 11.8 Å². The molecule has 1 aliphatic heterocycles. The number of nitrogens with one attached hydrogen (secondary N) is 2. The highest BCUT2D eigenvalue weighted by Crippen LogP contribution is 2.20. The lowest BCUT2D eigenvalue weighted by Gasteiger charge is -2.23. The minimum atomic E-state index is -0.112. The van der Waals surface area contributed by atoms with Crippen LogP contribution in [-0.2, 0) is 11.2 Å². The Bertz CT molecular complexity index is 332. The maximum Gasteiger partial charge on any atom is 0.243 e. The summed E-state index contributed by atoms with van der Waals surface area (Å²) in [6.07, 6.45) is 1.19. The molecule has 2 rings (SSSR count). The Hall–Kier alpha value is -1.43. The summed E-state index contributed by atoms with van der Waals surface area (Å²) in [6.45, 7) is 0.984. The molecule has 0 radical (unpaired) electrons. The van der Waals surface area contributed by atoms with Crippen LogP contribution in [0.4, 0.5) is 0 Å². The molecule has 0 aliphatic carbocycles. The number of hydrogen-bond donors (Lipinski definition) is 2. The maximum atomic E-state index is 11.0. The lowest BCUT2D eigenvalue weighted by atomic mass is 10.1. The van der Waals surface area contributed by atoms with Crippen LogP contribution in [0.2, 0.25) is 0 Å². The summed E-state index contributed by atoms with van der Waals surface area (Å²) in [4.78, 5) is 15.1. The summed E-state index contributed by atoms with van der Waals surface area (Å²) < 4.78 is 5.01. The van der Waals surface area contributed by atoms with Crippen molar-refractivity contribution in [2.45, 2.75) is 18.9 Å². The molecule has 1 aromatic heterocycles. The minimum Gasteiger partial charge on any atom is -0.359 e. The molecule has 2 N–H and O–H groups in total. The van der Waals surface area contributed by atoms with Crippen LogP contribution in [0.25, 0.3) is 0 Å². The molecule has 0 aromatic carbocycles. The predicted octanol–water partition coefficient (Wildman–Crippen LogP) is -0.608. The molecule has 6 heteroatoms. The summed E-state index contributed by atoms with van der Waals surface area (Å²) in [6, 6.07) is 0.181. The highest BCUT2D eigenvalue weighted by atomic mass is 16.5. The Morgan fingerprint density at radius 2 is 2.57 bits per heavy atom. The second-order valence-corrected chi connectivity index (χ2v) is 3.19. The Kier molecular flexibility index (Phi) is 2.45. The van der Waals surface area contributed by atoms with Crippen molar-refractivity contribution in [1.82, 2.24) is 20.8 Å². The van der Waals surface area contributed by atoms with Gasteiger partial charge in [0.15, 0.2) is 5.82 Å². The van der Waals surface area contributed by atoms with Crippen LogP contribution >= 0.6 is 0 Å². The highest BCUT2D eigenvalue weighted by Gasteiger charge is 2.24. The number of amides is 1. The Morgan fingerprint density at radius 1 is 1.79 bits per heavy atom. The first kappa shape index (κ1) is 9.14. The number of nitrogens with zero attached hydrogens (tertiary/aromatic N) is 2. The van der Waals surface area contributed by atoms with Gasteiger partial charge < -0.3 is 15.2 Å². The van der Waals surface area contributed by atoms with Crippen LogP contribution in [-0.4, -0.2) is 29.6 Å². The summed E-state index contributed by atoms with van der Waals surface area (Å²) in [5.41, 5.74) is 0. The van der Waals surface area contributed by atoms with Gasteiger partial charge in [-0.3, -0.25) is 4.79 Å². The largest absolute Gasteiger partial charge is 0.359 e. The molecular formula is C8H12N4O2. The van der Waals surface area contributed by atoms with Crippen LogP contribution in [0.3, 0.4) is 0 Å². The summed E-state index contributed by atoms with van der Waals surface area (Å²) in [7, 11) is 1.58. The van der Waals surface area contributed by atoms with Crippen molar-refractivity contribution in [2.24, 2.45) is 0 Å².